The minimum Gasteiger partial charge on any atom is -0.450 e. The lowest BCUT2D eigenvalue weighted by Gasteiger charge is -1.89. The number of hydrogen-bond donors (Lipinski definition) is 2. The van der Waals surface area contributed by atoms with E-state index in [4.69, 9.17) is 5.21 Å². The van der Waals surface area contributed by atoms with Gasteiger partial charge >= 0.3 is 6.09 Å². The Kier molecular flexibility index (Phi) is 11.8. The maximum Gasteiger partial charge on any atom is 0.404 e. The normalized spacial score (nSPS) is 10.4. The van der Waals surface area contributed by atoms with E-state index in [0.29, 0.717) is 12.3 Å². The molecule has 0 aromatic carbocycles. The molecule has 1 amide bonds. The average Bonchev–Trinajstić information content (AvgIpc) is 2.05. The molecule has 7 heteroatoms. The van der Waals surface area contributed by atoms with Crippen molar-refractivity contribution in [3.05, 3.63) is 0 Å². The summed E-state index contributed by atoms with van der Waals surface area (Å²) in [6, 6.07) is 0. The van der Waals surface area contributed by atoms with Gasteiger partial charge in [-0.25, -0.2) is 4.79 Å². The topological polar surface area (TPSA) is 106 Å². The van der Waals surface area contributed by atoms with Crippen molar-refractivity contribution in [1.29, 1.82) is 0 Å². The molecule has 0 atom stereocenters. The van der Waals surface area contributed by atoms with E-state index in [1.165, 1.54) is 13.3 Å². The van der Waals surface area contributed by atoms with Gasteiger partial charge in [-0.2, -0.15) is 0 Å². The Labute approximate surface area is 82.2 Å². The van der Waals surface area contributed by atoms with Crippen molar-refractivity contribution in [2.45, 2.75) is 13.8 Å². The molecular formula is C7H15N3O4. The molecule has 0 aliphatic heterocycles. The van der Waals surface area contributed by atoms with Crippen LogP contribution in [0.1, 0.15) is 13.8 Å². The number of rotatable bonds is 3. The van der Waals surface area contributed by atoms with Gasteiger partial charge in [0.25, 0.3) is 0 Å². The van der Waals surface area contributed by atoms with E-state index in [1.54, 1.807) is 13.8 Å². The maximum atomic E-state index is 9.60. The monoisotopic (exact) mass is 205 g/mol. The van der Waals surface area contributed by atoms with Crippen LogP contribution in [0.4, 0.5) is 4.79 Å². The van der Waals surface area contributed by atoms with Crippen LogP contribution >= 0.6 is 0 Å². The second-order valence-corrected chi connectivity index (χ2v) is 1.91. The van der Waals surface area contributed by atoms with E-state index in [9.17, 15) is 4.79 Å². The van der Waals surface area contributed by atoms with E-state index >= 15 is 0 Å². The highest BCUT2D eigenvalue weighted by atomic mass is 16.6. The van der Waals surface area contributed by atoms with Crippen LogP contribution in [0.25, 0.3) is 0 Å². The summed E-state index contributed by atoms with van der Waals surface area (Å²) in [5.74, 6) is 0. The maximum absolute atomic E-state index is 9.60. The number of primary amides is 1. The first-order valence-electron chi connectivity index (χ1n) is 3.75. The molecule has 0 unspecified atom stereocenters. The SMILES string of the molecule is CCOC(N)=O.CON=C(C)C=NO. The van der Waals surface area contributed by atoms with Gasteiger partial charge in [0.15, 0.2) is 0 Å². The number of carbonyl (C=O) groups excluding carboxylic acids is 1. The third-order valence-corrected chi connectivity index (χ3v) is 0.766. The number of hydrogen-bond acceptors (Lipinski definition) is 6. The first-order chi connectivity index (χ1) is 6.58. The molecule has 82 valence electrons. The number of carbonyl (C=O) groups is 1. The highest BCUT2D eigenvalue weighted by Crippen LogP contribution is 1.71. The lowest BCUT2D eigenvalue weighted by atomic mass is 10.5. The molecule has 0 bridgehead atoms. The molecule has 3 N–H and O–H groups in total. The third-order valence-electron chi connectivity index (χ3n) is 0.766. The number of ether oxygens (including phenoxy) is 1. The van der Waals surface area contributed by atoms with Gasteiger partial charge in [-0.1, -0.05) is 10.3 Å². The van der Waals surface area contributed by atoms with Crippen molar-refractivity contribution in [3.8, 4) is 0 Å². The van der Waals surface area contributed by atoms with Crippen LogP contribution in [0.15, 0.2) is 10.3 Å². The van der Waals surface area contributed by atoms with Gasteiger partial charge in [0.1, 0.15) is 7.11 Å². The van der Waals surface area contributed by atoms with E-state index in [2.05, 4.69) is 25.6 Å². The fraction of sp³-hybridized carbons (Fsp3) is 0.571. The van der Waals surface area contributed by atoms with Crippen LogP contribution in [0.5, 0.6) is 0 Å². The smallest absolute Gasteiger partial charge is 0.404 e. The molecule has 0 aromatic heterocycles. The Morgan fingerprint density at radius 3 is 2.43 bits per heavy atom. The number of nitrogens with zero attached hydrogens (tertiary/aromatic N) is 2. The molecule has 0 aliphatic carbocycles. The second kappa shape index (κ2) is 11.2. The molecule has 0 aliphatic rings. The first kappa shape index (κ1) is 14.7. The van der Waals surface area contributed by atoms with E-state index in [0.717, 1.165) is 0 Å². The van der Waals surface area contributed by atoms with Gasteiger partial charge in [-0.15, -0.1) is 0 Å². The fourth-order valence-corrected chi connectivity index (χ4v) is 0.393. The molecule has 7 nitrogen and oxygen atoms in total. The zero-order valence-electron chi connectivity index (χ0n) is 8.43. The van der Waals surface area contributed by atoms with Crippen LogP contribution in [0.3, 0.4) is 0 Å². The molecule has 0 heterocycles. The summed E-state index contributed by atoms with van der Waals surface area (Å²) in [5.41, 5.74) is 5.06. The van der Waals surface area contributed by atoms with Gasteiger partial charge in [0.05, 0.1) is 18.5 Å². The van der Waals surface area contributed by atoms with Crippen LogP contribution in [-0.2, 0) is 9.57 Å². The molecule has 0 rings (SSSR count). The second-order valence-electron chi connectivity index (χ2n) is 1.91. The van der Waals surface area contributed by atoms with Crippen molar-refractivity contribution >= 4 is 18.0 Å². The van der Waals surface area contributed by atoms with E-state index in [-0.39, 0.29) is 0 Å². The third kappa shape index (κ3) is 16.7. The van der Waals surface area contributed by atoms with Crippen molar-refractivity contribution in [3.63, 3.8) is 0 Å². The number of nitrogens with two attached hydrogens (primary N) is 1. The van der Waals surface area contributed by atoms with Crippen molar-refractivity contribution in [2.75, 3.05) is 13.7 Å². The van der Waals surface area contributed by atoms with Crippen molar-refractivity contribution < 1.29 is 19.6 Å². The molecule has 0 saturated heterocycles. The lowest BCUT2D eigenvalue weighted by Crippen LogP contribution is -2.11. The summed E-state index contributed by atoms with van der Waals surface area (Å²) in [6.07, 6.45) is 0.473. The van der Waals surface area contributed by atoms with Crippen LogP contribution < -0.4 is 5.73 Å². The highest BCUT2D eigenvalue weighted by molar-refractivity contribution is 6.29. The summed E-state index contributed by atoms with van der Waals surface area (Å²) in [6.45, 7) is 3.71. The van der Waals surface area contributed by atoms with Gasteiger partial charge in [0.2, 0.25) is 0 Å². The van der Waals surface area contributed by atoms with Gasteiger partial charge in [-0.3, -0.25) is 0 Å². The van der Waals surface area contributed by atoms with Crippen LogP contribution in [0.2, 0.25) is 0 Å². The fourth-order valence-electron chi connectivity index (χ4n) is 0.393. The van der Waals surface area contributed by atoms with Gasteiger partial charge in [-0.05, 0) is 13.8 Å². The predicted molar refractivity (Wildman–Crippen MR) is 51.6 cm³/mol. The summed E-state index contributed by atoms with van der Waals surface area (Å²) >= 11 is 0. The summed E-state index contributed by atoms with van der Waals surface area (Å²) in [4.78, 5) is 13.9. The molecule has 0 fully saturated rings. The quantitative estimate of drug-likeness (QED) is 0.399. The Balaban J connectivity index is 0. The molecular weight excluding hydrogens is 190 g/mol. The van der Waals surface area contributed by atoms with Crippen molar-refractivity contribution in [2.24, 2.45) is 16.0 Å². The van der Waals surface area contributed by atoms with Gasteiger partial charge in [0, 0.05) is 0 Å². The zero-order valence-corrected chi connectivity index (χ0v) is 8.43. The molecule has 0 spiro atoms. The number of amides is 1. The minimum absolute atomic E-state index is 0.356. The zero-order chi connectivity index (χ0) is 11.4. The predicted octanol–water partition coefficient (Wildman–Crippen LogP) is 0.570. The Hall–Kier alpha value is -1.79. The molecule has 0 saturated carbocycles. The molecule has 14 heavy (non-hydrogen) atoms. The summed E-state index contributed by atoms with van der Waals surface area (Å²) < 4.78 is 4.18. The standard InChI is InChI=1S/C4H8N2O2.C3H7NO2/c1-4(3-5-7)6-8-2;1-2-6-3(4)5/h3,7H,1-2H3;2H2,1H3,(H2,4,5). The largest absolute Gasteiger partial charge is 0.450 e. The van der Waals surface area contributed by atoms with E-state index < -0.39 is 6.09 Å². The van der Waals surface area contributed by atoms with Crippen LogP contribution in [-0.4, -0.2) is 36.9 Å². The molecule has 0 radical (unpaired) electrons. The summed E-state index contributed by atoms with van der Waals surface area (Å²) in [5, 5.41) is 14.0. The Bertz CT molecular complexity index is 203. The lowest BCUT2D eigenvalue weighted by molar-refractivity contribution is 0.163. The van der Waals surface area contributed by atoms with E-state index in [1.807, 2.05) is 0 Å². The first-order valence-corrected chi connectivity index (χ1v) is 3.75. The average molecular weight is 205 g/mol. The number of oxime groups is 2. The Morgan fingerprint density at radius 1 is 1.64 bits per heavy atom. The minimum atomic E-state index is -0.711. The van der Waals surface area contributed by atoms with Gasteiger partial charge < -0.3 is 20.5 Å². The Morgan fingerprint density at radius 2 is 2.21 bits per heavy atom. The highest BCUT2D eigenvalue weighted by Gasteiger charge is 1.82. The molecule has 0 aromatic rings. The summed E-state index contributed by atoms with van der Waals surface area (Å²) in [7, 11) is 1.43. The van der Waals surface area contributed by atoms with Crippen LogP contribution in [0, 0.1) is 0 Å². The van der Waals surface area contributed by atoms with Crippen molar-refractivity contribution in [1.82, 2.24) is 0 Å².